The molecule has 7 nitrogen and oxygen atoms in total. The Balaban J connectivity index is 2.01. The van der Waals surface area contributed by atoms with Gasteiger partial charge in [0.25, 0.3) is 0 Å². The molecule has 0 spiro atoms. The number of anilines is 1. The van der Waals surface area contributed by atoms with Crippen LogP contribution < -0.4 is 15.8 Å². The fourth-order valence-electron chi connectivity index (χ4n) is 3.03. The van der Waals surface area contributed by atoms with E-state index in [2.05, 4.69) is 12.2 Å². The molecule has 31 heavy (non-hydrogen) atoms. The first kappa shape index (κ1) is 24.2. The van der Waals surface area contributed by atoms with Crippen molar-refractivity contribution in [2.75, 3.05) is 25.5 Å². The number of benzene rings is 2. The Morgan fingerprint density at radius 3 is 2.35 bits per heavy atom. The van der Waals surface area contributed by atoms with Crippen molar-refractivity contribution in [1.82, 2.24) is 4.90 Å². The summed E-state index contributed by atoms with van der Waals surface area (Å²) < 4.78 is 10.5. The predicted octanol–water partition coefficient (Wildman–Crippen LogP) is 4.42. The number of carbonyl (C=O) groups is 2. The Kier molecular flexibility index (Phi) is 9.84. The molecule has 7 heteroatoms. The second-order valence-electron chi connectivity index (χ2n) is 7.42. The number of nitrogens with one attached hydrogen (secondary N) is 1. The largest absolute Gasteiger partial charge is 0.491 e. The van der Waals surface area contributed by atoms with E-state index in [1.807, 2.05) is 43.3 Å². The van der Waals surface area contributed by atoms with E-state index in [9.17, 15) is 9.59 Å². The summed E-state index contributed by atoms with van der Waals surface area (Å²) >= 11 is 0. The number of amides is 2. The van der Waals surface area contributed by atoms with Crippen molar-refractivity contribution in [2.45, 2.75) is 45.8 Å². The smallest absolute Gasteiger partial charge is 0.337 e. The number of urea groups is 1. The van der Waals surface area contributed by atoms with E-state index in [4.69, 9.17) is 15.2 Å². The van der Waals surface area contributed by atoms with E-state index in [1.54, 1.807) is 17.0 Å². The molecule has 0 aliphatic rings. The predicted molar refractivity (Wildman–Crippen MR) is 122 cm³/mol. The topological polar surface area (TPSA) is 93.9 Å². The lowest BCUT2D eigenvalue weighted by atomic mass is 10.1. The van der Waals surface area contributed by atoms with Gasteiger partial charge in [-0.15, -0.1) is 0 Å². The normalized spacial score (nSPS) is 11.5. The molecule has 0 fully saturated rings. The molecule has 0 saturated carbocycles. The van der Waals surface area contributed by atoms with Gasteiger partial charge in [0.05, 0.1) is 18.8 Å². The Bertz CT molecular complexity index is 822. The van der Waals surface area contributed by atoms with Crippen LogP contribution in [-0.4, -0.2) is 43.2 Å². The SMILES string of the molecule is CCCCN(Cc1ccc(C(=O)OC)cc1)C(=O)Nc1ccc(OC(C)CCN)cc1. The maximum Gasteiger partial charge on any atom is 0.337 e. The molecular weight excluding hydrogens is 394 g/mol. The van der Waals surface area contributed by atoms with Crippen molar-refractivity contribution in [3.8, 4) is 5.75 Å². The third-order valence-electron chi connectivity index (χ3n) is 4.83. The van der Waals surface area contributed by atoms with Crippen molar-refractivity contribution >= 4 is 17.7 Å². The van der Waals surface area contributed by atoms with E-state index >= 15 is 0 Å². The molecule has 0 aromatic heterocycles. The Labute approximate surface area is 184 Å². The minimum atomic E-state index is -0.378. The van der Waals surface area contributed by atoms with Crippen molar-refractivity contribution in [3.05, 3.63) is 59.7 Å². The molecule has 2 rings (SSSR count). The van der Waals surface area contributed by atoms with Crippen LogP contribution in [0.3, 0.4) is 0 Å². The molecule has 0 saturated heterocycles. The van der Waals surface area contributed by atoms with Crippen LogP contribution in [0.15, 0.2) is 48.5 Å². The summed E-state index contributed by atoms with van der Waals surface area (Å²) in [5.41, 5.74) is 7.68. The van der Waals surface area contributed by atoms with Gasteiger partial charge in [-0.1, -0.05) is 25.5 Å². The Morgan fingerprint density at radius 1 is 1.10 bits per heavy atom. The second-order valence-corrected chi connectivity index (χ2v) is 7.42. The van der Waals surface area contributed by atoms with Crippen LogP contribution in [-0.2, 0) is 11.3 Å². The summed E-state index contributed by atoms with van der Waals surface area (Å²) in [4.78, 5) is 26.3. The quantitative estimate of drug-likeness (QED) is 0.518. The number of nitrogens with zero attached hydrogens (tertiary/aromatic N) is 1. The summed E-state index contributed by atoms with van der Waals surface area (Å²) in [5.74, 6) is 0.365. The zero-order valence-electron chi connectivity index (χ0n) is 18.6. The molecule has 0 aliphatic carbocycles. The number of carbonyl (C=O) groups excluding carboxylic acids is 2. The lowest BCUT2D eigenvalue weighted by molar-refractivity contribution is 0.0600. The lowest BCUT2D eigenvalue weighted by Crippen LogP contribution is -2.35. The molecule has 1 unspecified atom stereocenters. The minimum absolute atomic E-state index is 0.0422. The number of unbranched alkanes of at least 4 members (excludes halogenated alkanes) is 1. The molecule has 1 atom stereocenters. The zero-order valence-corrected chi connectivity index (χ0v) is 18.6. The third-order valence-corrected chi connectivity index (χ3v) is 4.83. The number of ether oxygens (including phenoxy) is 2. The maximum absolute atomic E-state index is 12.9. The van der Waals surface area contributed by atoms with Gasteiger partial charge in [0, 0.05) is 18.8 Å². The molecule has 3 N–H and O–H groups in total. The molecule has 2 aromatic rings. The van der Waals surface area contributed by atoms with Crippen LogP contribution in [0.5, 0.6) is 5.75 Å². The highest BCUT2D eigenvalue weighted by Gasteiger charge is 2.15. The van der Waals surface area contributed by atoms with Crippen LogP contribution in [0.1, 0.15) is 49.0 Å². The highest BCUT2D eigenvalue weighted by molar-refractivity contribution is 5.90. The van der Waals surface area contributed by atoms with Crippen molar-refractivity contribution in [2.24, 2.45) is 5.73 Å². The zero-order chi connectivity index (χ0) is 22.6. The first-order valence-corrected chi connectivity index (χ1v) is 10.7. The van der Waals surface area contributed by atoms with Gasteiger partial charge in [-0.05, 0) is 68.3 Å². The van der Waals surface area contributed by atoms with Gasteiger partial charge < -0.3 is 25.4 Å². The van der Waals surface area contributed by atoms with E-state index in [0.717, 1.165) is 30.6 Å². The average Bonchev–Trinajstić information content (AvgIpc) is 2.78. The van der Waals surface area contributed by atoms with Crippen LogP contribution in [0.4, 0.5) is 10.5 Å². The Morgan fingerprint density at radius 2 is 1.77 bits per heavy atom. The van der Waals surface area contributed by atoms with Gasteiger partial charge in [-0.3, -0.25) is 0 Å². The van der Waals surface area contributed by atoms with Crippen molar-refractivity contribution < 1.29 is 19.1 Å². The molecule has 0 bridgehead atoms. The summed E-state index contributed by atoms with van der Waals surface area (Å²) in [7, 11) is 1.35. The van der Waals surface area contributed by atoms with Gasteiger partial charge >= 0.3 is 12.0 Å². The number of nitrogens with two attached hydrogens (primary N) is 1. The Hall–Kier alpha value is -3.06. The number of methoxy groups -OCH3 is 1. The van der Waals surface area contributed by atoms with Crippen molar-refractivity contribution in [3.63, 3.8) is 0 Å². The van der Waals surface area contributed by atoms with Gasteiger partial charge in [0.2, 0.25) is 0 Å². The van der Waals surface area contributed by atoms with E-state index in [0.29, 0.717) is 30.9 Å². The third kappa shape index (κ3) is 7.94. The maximum atomic E-state index is 12.9. The standard InChI is InChI=1S/C24H33N3O4/c1-4-5-16-27(17-19-6-8-20(9-7-19)23(28)30-3)24(29)26-21-10-12-22(13-11-21)31-18(2)14-15-25/h6-13,18H,4-5,14-17,25H2,1-3H3,(H,26,29). The first-order valence-electron chi connectivity index (χ1n) is 10.7. The highest BCUT2D eigenvalue weighted by Crippen LogP contribution is 2.19. The fourth-order valence-corrected chi connectivity index (χ4v) is 3.03. The molecule has 2 aromatic carbocycles. The lowest BCUT2D eigenvalue weighted by Gasteiger charge is -2.23. The fraction of sp³-hybridized carbons (Fsp3) is 0.417. The van der Waals surface area contributed by atoms with E-state index < -0.39 is 0 Å². The van der Waals surface area contributed by atoms with Gasteiger partial charge in [-0.2, -0.15) is 0 Å². The van der Waals surface area contributed by atoms with E-state index in [1.165, 1.54) is 7.11 Å². The average molecular weight is 428 g/mol. The summed E-state index contributed by atoms with van der Waals surface area (Å²) in [6.07, 6.45) is 2.71. The monoisotopic (exact) mass is 427 g/mol. The highest BCUT2D eigenvalue weighted by atomic mass is 16.5. The van der Waals surface area contributed by atoms with E-state index in [-0.39, 0.29) is 18.1 Å². The summed E-state index contributed by atoms with van der Waals surface area (Å²) in [6.45, 7) is 5.73. The van der Waals surface area contributed by atoms with Crippen LogP contribution in [0.2, 0.25) is 0 Å². The number of esters is 1. The van der Waals surface area contributed by atoms with Gasteiger partial charge in [-0.25, -0.2) is 9.59 Å². The van der Waals surface area contributed by atoms with Crippen LogP contribution in [0, 0.1) is 0 Å². The number of rotatable bonds is 11. The molecule has 168 valence electrons. The van der Waals surface area contributed by atoms with Gasteiger partial charge in [0.15, 0.2) is 0 Å². The molecule has 0 heterocycles. The first-order chi connectivity index (χ1) is 15.0. The summed E-state index contributed by atoms with van der Waals surface area (Å²) in [6, 6.07) is 14.3. The second kappa shape index (κ2) is 12.6. The van der Waals surface area contributed by atoms with Gasteiger partial charge in [0.1, 0.15) is 5.75 Å². The number of hydrogen-bond acceptors (Lipinski definition) is 5. The summed E-state index contributed by atoms with van der Waals surface area (Å²) in [5, 5.41) is 2.95. The van der Waals surface area contributed by atoms with Crippen LogP contribution >= 0.6 is 0 Å². The van der Waals surface area contributed by atoms with Crippen LogP contribution in [0.25, 0.3) is 0 Å². The minimum Gasteiger partial charge on any atom is -0.491 e. The van der Waals surface area contributed by atoms with Crippen molar-refractivity contribution in [1.29, 1.82) is 0 Å². The number of hydrogen-bond donors (Lipinski definition) is 2. The molecule has 0 aliphatic heterocycles. The molecule has 2 amide bonds. The molecular formula is C24H33N3O4. The molecule has 0 radical (unpaired) electrons.